The normalized spacial score (nSPS) is 12.5. The van der Waals surface area contributed by atoms with Crippen LogP contribution in [0.1, 0.15) is 6.92 Å². The van der Waals surface area contributed by atoms with Gasteiger partial charge in [0.1, 0.15) is 17.3 Å². The zero-order valence-electron chi connectivity index (χ0n) is 16.8. The summed E-state index contributed by atoms with van der Waals surface area (Å²) in [6.07, 6.45) is 0. The molecule has 7 nitrogen and oxygen atoms in total. The van der Waals surface area contributed by atoms with Crippen molar-refractivity contribution in [3.63, 3.8) is 0 Å². The summed E-state index contributed by atoms with van der Waals surface area (Å²) in [6.45, 7) is 2.61. The highest BCUT2D eigenvalue weighted by Crippen LogP contribution is 2.22. The minimum absolute atomic E-state index is 0.0504. The van der Waals surface area contributed by atoms with Crippen molar-refractivity contribution in [2.24, 2.45) is 4.99 Å². The predicted molar refractivity (Wildman–Crippen MR) is 112 cm³/mol. The summed E-state index contributed by atoms with van der Waals surface area (Å²) >= 11 is 0.894. The van der Waals surface area contributed by atoms with Crippen LogP contribution in [0.5, 0.6) is 5.75 Å². The van der Waals surface area contributed by atoms with Gasteiger partial charge in [-0.05, 0) is 37.3 Å². The first-order chi connectivity index (χ1) is 14.7. The van der Waals surface area contributed by atoms with Crippen LogP contribution in [0.2, 0.25) is 0 Å². The Morgan fingerprint density at radius 3 is 2.55 bits per heavy atom. The van der Waals surface area contributed by atoms with Crippen molar-refractivity contribution in [3.05, 3.63) is 52.8 Å². The Kier molecular flexibility index (Phi) is 7.19. The number of rotatable bonds is 8. The van der Waals surface area contributed by atoms with Gasteiger partial charge in [-0.1, -0.05) is 11.3 Å². The highest BCUT2D eigenvalue weighted by Gasteiger charge is 2.20. The van der Waals surface area contributed by atoms with E-state index in [1.807, 2.05) is 0 Å². The van der Waals surface area contributed by atoms with Gasteiger partial charge in [0.15, 0.2) is 20.5 Å². The number of thiazole rings is 1. The third kappa shape index (κ3) is 5.35. The van der Waals surface area contributed by atoms with Gasteiger partial charge in [0.2, 0.25) is 0 Å². The third-order valence-corrected chi connectivity index (χ3v) is 6.95. The molecule has 31 heavy (non-hydrogen) atoms. The van der Waals surface area contributed by atoms with E-state index in [9.17, 15) is 22.0 Å². The number of methoxy groups -OCH3 is 1. The minimum atomic E-state index is -3.95. The number of hydrogen-bond donors (Lipinski definition) is 0. The summed E-state index contributed by atoms with van der Waals surface area (Å²) in [5.41, 5.74) is 0.0793. The Hall–Kier alpha value is -2.63. The van der Waals surface area contributed by atoms with Gasteiger partial charge in [-0.25, -0.2) is 17.2 Å². The van der Waals surface area contributed by atoms with E-state index < -0.39 is 33.1 Å². The zero-order chi connectivity index (χ0) is 22.6. The lowest BCUT2D eigenvalue weighted by atomic mass is 10.3. The molecule has 3 aromatic rings. The fraction of sp³-hybridized carbons (Fsp3) is 0.300. The summed E-state index contributed by atoms with van der Waals surface area (Å²) in [5.74, 6) is -2.88. The van der Waals surface area contributed by atoms with Gasteiger partial charge >= 0.3 is 0 Å². The highest BCUT2D eigenvalue weighted by atomic mass is 32.2. The number of carbonyl (C=O) groups is 1. The summed E-state index contributed by atoms with van der Waals surface area (Å²) < 4.78 is 65.0. The van der Waals surface area contributed by atoms with Gasteiger partial charge < -0.3 is 14.0 Å². The average molecular weight is 471 g/mol. The third-order valence-electron chi connectivity index (χ3n) is 4.31. The molecule has 1 heterocycles. The highest BCUT2D eigenvalue weighted by molar-refractivity contribution is 7.92. The topological polar surface area (TPSA) is 87.0 Å². The van der Waals surface area contributed by atoms with Crippen LogP contribution in [-0.4, -0.2) is 45.0 Å². The van der Waals surface area contributed by atoms with Crippen molar-refractivity contribution in [2.45, 2.75) is 18.4 Å². The van der Waals surface area contributed by atoms with Crippen LogP contribution in [-0.2, 0) is 25.9 Å². The summed E-state index contributed by atoms with van der Waals surface area (Å²) in [7, 11) is -2.49. The van der Waals surface area contributed by atoms with E-state index in [0.717, 1.165) is 23.5 Å². The van der Waals surface area contributed by atoms with Crippen molar-refractivity contribution >= 4 is 37.3 Å². The maximum Gasteiger partial charge on any atom is 0.263 e. The molecule has 11 heteroatoms. The number of nitrogens with zero attached hydrogens (tertiary/aromatic N) is 2. The maximum atomic E-state index is 14.4. The second-order valence-electron chi connectivity index (χ2n) is 6.41. The quantitative estimate of drug-likeness (QED) is 0.473. The maximum absolute atomic E-state index is 14.4. The van der Waals surface area contributed by atoms with Gasteiger partial charge in [0.25, 0.3) is 5.91 Å². The second kappa shape index (κ2) is 9.67. The number of benzene rings is 2. The van der Waals surface area contributed by atoms with E-state index in [1.54, 1.807) is 6.92 Å². The molecule has 0 saturated heterocycles. The Morgan fingerprint density at radius 1 is 1.19 bits per heavy atom. The lowest BCUT2D eigenvalue weighted by Crippen LogP contribution is -2.22. The molecule has 0 bridgehead atoms. The molecular formula is C20H20F2N2O5S2. The molecule has 0 aliphatic heterocycles. The van der Waals surface area contributed by atoms with Crippen LogP contribution >= 0.6 is 11.3 Å². The first-order valence-corrected chi connectivity index (χ1v) is 11.7. The Morgan fingerprint density at radius 2 is 1.90 bits per heavy atom. The van der Waals surface area contributed by atoms with E-state index >= 15 is 0 Å². The summed E-state index contributed by atoms with van der Waals surface area (Å²) in [5, 5.41) is 0. The molecule has 166 valence electrons. The molecule has 1 aromatic heterocycles. The Bertz CT molecular complexity index is 1270. The van der Waals surface area contributed by atoms with Gasteiger partial charge in [0.05, 0.1) is 28.8 Å². The van der Waals surface area contributed by atoms with Gasteiger partial charge in [-0.2, -0.15) is 4.99 Å². The average Bonchev–Trinajstić information content (AvgIpc) is 3.04. The van der Waals surface area contributed by atoms with Gasteiger partial charge in [-0.3, -0.25) is 4.79 Å². The zero-order valence-corrected chi connectivity index (χ0v) is 18.4. The van der Waals surface area contributed by atoms with Gasteiger partial charge in [-0.15, -0.1) is 0 Å². The Balaban J connectivity index is 1.97. The first-order valence-electron chi connectivity index (χ1n) is 9.25. The molecule has 3 rings (SSSR count). The molecule has 0 unspecified atom stereocenters. The number of amides is 1. The molecule has 0 atom stereocenters. The summed E-state index contributed by atoms with van der Waals surface area (Å²) in [6, 6.07) is 7.49. The lowest BCUT2D eigenvalue weighted by molar-refractivity contribution is -0.115. The molecule has 2 aromatic carbocycles. The van der Waals surface area contributed by atoms with Crippen LogP contribution in [0.4, 0.5) is 8.78 Å². The van der Waals surface area contributed by atoms with E-state index in [2.05, 4.69) is 4.99 Å². The van der Waals surface area contributed by atoms with Crippen LogP contribution in [0.15, 0.2) is 46.3 Å². The van der Waals surface area contributed by atoms with Crippen molar-refractivity contribution < 1.29 is 31.5 Å². The molecule has 0 radical (unpaired) electrons. The van der Waals surface area contributed by atoms with Crippen LogP contribution < -0.4 is 9.54 Å². The number of fused-ring (bicyclic) bond motifs is 1. The van der Waals surface area contributed by atoms with Crippen molar-refractivity contribution in [1.29, 1.82) is 0 Å². The van der Waals surface area contributed by atoms with Crippen molar-refractivity contribution in [2.75, 3.05) is 26.1 Å². The second-order valence-corrected chi connectivity index (χ2v) is 9.41. The number of hydrogen-bond acceptors (Lipinski definition) is 6. The SMILES string of the molecule is CCOCCn1c(=NC(=O)CS(=O)(=O)c2ccc(OC)cc2)sc2cc(F)cc(F)c21. The number of halogens is 2. The number of ether oxygens (including phenoxy) is 2. The number of aromatic nitrogens is 1. The van der Waals surface area contributed by atoms with Crippen molar-refractivity contribution in [1.82, 2.24) is 4.57 Å². The smallest absolute Gasteiger partial charge is 0.263 e. The number of carbonyl (C=O) groups excluding carboxylic acids is 1. The van der Waals surface area contributed by atoms with Crippen LogP contribution in [0.3, 0.4) is 0 Å². The van der Waals surface area contributed by atoms with E-state index in [4.69, 9.17) is 9.47 Å². The van der Waals surface area contributed by atoms with E-state index in [-0.39, 0.29) is 33.1 Å². The van der Waals surface area contributed by atoms with Crippen molar-refractivity contribution in [3.8, 4) is 5.75 Å². The molecule has 0 aliphatic rings. The molecule has 1 amide bonds. The summed E-state index contributed by atoms with van der Waals surface area (Å²) in [4.78, 5) is 16.4. The molecular weight excluding hydrogens is 450 g/mol. The van der Waals surface area contributed by atoms with Crippen LogP contribution in [0.25, 0.3) is 10.2 Å². The van der Waals surface area contributed by atoms with Crippen LogP contribution in [0, 0.1) is 11.6 Å². The molecule has 0 fully saturated rings. The lowest BCUT2D eigenvalue weighted by Gasteiger charge is -2.06. The molecule has 0 spiro atoms. The minimum Gasteiger partial charge on any atom is -0.497 e. The molecule has 0 aliphatic carbocycles. The Labute approximate surface area is 181 Å². The predicted octanol–water partition coefficient (Wildman–Crippen LogP) is 2.93. The first kappa shape index (κ1) is 23.0. The largest absolute Gasteiger partial charge is 0.497 e. The molecule has 0 saturated carbocycles. The van der Waals surface area contributed by atoms with E-state index in [1.165, 1.54) is 35.9 Å². The fourth-order valence-corrected chi connectivity index (χ4v) is 5.11. The molecule has 0 N–H and O–H groups in total. The number of sulfone groups is 1. The monoisotopic (exact) mass is 470 g/mol. The van der Waals surface area contributed by atoms with E-state index in [0.29, 0.717) is 12.4 Å². The standard InChI is InChI=1S/C20H20F2N2O5S2/c1-3-29-9-8-24-19-16(22)10-13(21)11-17(19)30-20(24)23-18(25)12-31(26,27)15-6-4-14(28-2)5-7-15/h4-7,10-11H,3,8-9,12H2,1-2H3. The van der Waals surface area contributed by atoms with Gasteiger partial charge in [0, 0.05) is 19.2 Å². The fourth-order valence-electron chi connectivity index (χ4n) is 2.89.